The molecule has 2 aliphatic rings. The molecule has 0 saturated carbocycles. The summed E-state index contributed by atoms with van der Waals surface area (Å²) in [4.78, 5) is 31.2. The average molecular weight is 345 g/mol. The Morgan fingerprint density at radius 2 is 1.72 bits per heavy atom. The van der Waals surface area contributed by atoms with Crippen LogP contribution in [0, 0.1) is 5.82 Å². The predicted octanol–water partition coefficient (Wildman–Crippen LogP) is 1.95. The summed E-state index contributed by atoms with van der Waals surface area (Å²) in [5.74, 6) is -0.916. The van der Waals surface area contributed by atoms with Gasteiger partial charge in [0.05, 0.1) is 5.57 Å². The van der Waals surface area contributed by atoms with Gasteiger partial charge >= 0.3 is 0 Å². The number of amides is 2. The van der Waals surface area contributed by atoms with Crippen LogP contribution in [0.5, 0.6) is 0 Å². The van der Waals surface area contributed by atoms with E-state index in [4.69, 9.17) is 0 Å². The standard InChI is InChI=1S/C19H24FN3O2/c1-4-23-18(24)16(13-5-7-14(20)8-6-13)17(19(23)25)22(3)15-9-11-21(2)12-10-15/h5-8,15H,4,9-12H2,1-3H3. The van der Waals surface area contributed by atoms with Crippen LogP contribution in [0.15, 0.2) is 30.0 Å². The fourth-order valence-electron chi connectivity index (χ4n) is 3.62. The van der Waals surface area contributed by atoms with Crippen LogP contribution in [0.1, 0.15) is 25.3 Å². The van der Waals surface area contributed by atoms with Gasteiger partial charge in [-0.3, -0.25) is 14.5 Å². The van der Waals surface area contributed by atoms with Crippen LogP contribution in [0.2, 0.25) is 0 Å². The van der Waals surface area contributed by atoms with Gasteiger partial charge in [0.15, 0.2) is 0 Å². The van der Waals surface area contributed by atoms with E-state index in [1.807, 2.05) is 11.9 Å². The highest BCUT2D eigenvalue weighted by molar-refractivity contribution is 6.35. The molecule has 6 heteroatoms. The van der Waals surface area contributed by atoms with Crippen molar-refractivity contribution in [2.75, 3.05) is 33.7 Å². The van der Waals surface area contributed by atoms with E-state index >= 15 is 0 Å². The predicted molar refractivity (Wildman–Crippen MR) is 94.0 cm³/mol. The molecule has 0 aromatic heterocycles. The first-order valence-electron chi connectivity index (χ1n) is 8.71. The summed E-state index contributed by atoms with van der Waals surface area (Å²) < 4.78 is 13.3. The minimum absolute atomic E-state index is 0.218. The third-order valence-electron chi connectivity index (χ3n) is 5.18. The number of rotatable bonds is 4. The maximum Gasteiger partial charge on any atom is 0.277 e. The Balaban J connectivity index is 2.01. The monoisotopic (exact) mass is 345 g/mol. The van der Waals surface area contributed by atoms with Crippen LogP contribution in [0.3, 0.4) is 0 Å². The van der Waals surface area contributed by atoms with Crippen molar-refractivity contribution in [3.8, 4) is 0 Å². The Hall–Kier alpha value is -2.21. The van der Waals surface area contributed by atoms with Crippen LogP contribution in [-0.2, 0) is 9.59 Å². The molecule has 134 valence electrons. The number of carbonyl (C=O) groups excluding carboxylic acids is 2. The van der Waals surface area contributed by atoms with E-state index < -0.39 is 0 Å². The first-order valence-corrected chi connectivity index (χ1v) is 8.71. The molecule has 0 radical (unpaired) electrons. The molecule has 0 atom stereocenters. The van der Waals surface area contributed by atoms with Crippen molar-refractivity contribution in [1.29, 1.82) is 0 Å². The third kappa shape index (κ3) is 3.18. The normalized spacial score (nSPS) is 19.9. The van der Waals surface area contributed by atoms with Gasteiger partial charge in [-0.15, -0.1) is 0 Å². The summed E-state index contributed by atoms with van der Waals surface area (Å²) in [7, 11) is 3.97. The van der Waals surface area contributed by atoms with Gasteiger partial charge in [-0.2, -0.15) is 0 Å². The maximum absolute atomic E-state index is 13.3. The molecular formula is C19H24FN3O2. The maximum atomic E-state index is 13.3. The molecule has 2 aliphatic heterocycles. The summed E-state index contributed by atoms with van der Waals surface area (Å²) in [6, 6.07) is 5.99. The van der Waals surface area contributed by atoms with Crippen LogP contribution in [-0.4, -0.2) is 66.3 Å². The number of benzene rings is 1. The second kappa shape index (κ2) is 6.96. The Morgan fingerprint density at radius 1 is 1.12 bits per heavy atom. The molecular weight excluding hydrogens is 321 g/mol. The van der Waals surface area contributed by atoms with E-state index in [2.05, 4.69) is 11.9 Å². The lowest BCUT2D eigenvalue weighted by Gasteiger charge is -2.36. The van der Waals surface area contributed by atoms with Gasteiger partial charge in [0.25, 0.3) is 11.8 Å². The van der Waals surface area contributed by atoms with Gasteiger partial charge in [0, 0.05) is 19.6 Å². The van der Waals surface area contributed by atoms with Gasteiger partial charge in [0.1, 0.15) is 11.5 Å². The highest BCUT2D eigenvalue weighted by Crippen LogP contribution is 2.33. The number of imide groups is 1. The summed E-state index contributed by atoms with van der Waals surface area (Å²) in [5.41, 5.74) is 1.41. The molecule has 3 rings (SSSR count). The zero-order valence-corrected chi connectivity index (χ0v) is 15.0. The van der Waals surface area contributed by atoms with E-state index in [1.165, 1.54) is 17.0 Å². The highest BCUT2D eigenvalue weighted by atomic mass is 19.1. The molecule has 0 bridgehead atoms. The largest absolute Gasteiger partial charge is 0.366 e. The van der Waals surface area contributed by atoms with Crippen molar-refractivity contribution in [1.82, 2.24) is 14.7 Å². The van der Waals surface area contributed by atoms with Crippen molar-refractivity contribution in [2.45, 2.75) is 25.8 Å². The van der Waals surface area contributed by atoms with Crippen molar-refractivity contribution in [3.05, 3.63) is 41.3 Å². The van der Waals surface area contributed by atoms with Crippen LogP contribution in [0.4, 0.5) is 4.39 Å². The summed E-state index contributed by atoms with van der Waals surface area (Å²) in [6.07, 6.45) is 1.89. The Bertz CT molecular complexity index is 706. The van der Waals surface area contributed by atoms with Gasteiger partial charge in [0.2, 0.25) is 0 Å². The lowest BCUT2D eigenvalue weighted by atomic mass is 10.00. The second-order valence-electron chi connectivity index (χ2n) is 6.73. The Labute approximate surface area is 147 Å². The van der Waals surface area contributed by atoms with Crippen LogP contribution < -0.4 is 0 Å². The van der Waals surface area contributed by atoms with Crippen molar-refractivity contribution < 1.29 is 14.0 Å². The van der Waals surface area contributed by atoms with E-state index in [9.17, 15) is 14.0 Å². The highest BCUT2D eigenvalue weighted by Gasteiger charge is 2.41. The average Bonchev–Trinajstić information content (AvgIpc) is 2.86. The number of nitrogens with zero attached hydrogens (tertiary/aromatic N) is 3. The molecule has 1 aromatic rings. The zero-order valence-electron chi connectivity index (χ0n) is 15.0. The number of likely N-dealkylation sites (tertiary alicyclic amines) is 1. The SMILES string of the molecule is CCN1C(=O)C(c2ccc(F)cc2)=C(N(C)C2CCN(C)CC2)C1=O. The van der Waals surface area contributed by atoms with Crippen molar-refractivity contribution in [3.63, 3.8) is 0 Å². The lowest BCUT2D eigenvalue weighted by molar-refractivity contribution is -0.137. The zero-order chi connectivity index (χ0) is 18.1. The molecule has 0 spiro atoms. The van der Waals surface area contributed by atoms with Gasteiger partial charge in [-0.05, 0) is 57.6 Å². The van der Waals surface area contributed by atoms with E-state index in [-0.39, 0.29) is 23.7 Å². The van der Waals surface area contributed by atoms with Gasteiger partial charge < -0.3 is 9.80 Å². The number of carbonyl (C=O) groups is 2. The molecule has 25 heavy (non-hydrogen) atoms. The molecule has 0 aliphatic carbocycles. The summed E-state index contributed by atoms with van der Waals surface area (Å²) >= 11 is 0. The fourth-order valence-corrected chi connectivity index (χ4v) is 3.62. The molecule has 1 saturated heterocycles. The van der Waals surface area contributed by atoms with E-state index in [0.717, 1.165) is 25.9 Å². The molecule has 5 nitrogen and oxygen atoms in total. The third-order valence-corrected chi connectivity index (χ3v) is 5.18. The number of hydrogen-bond donors (Lipinski definition) is 0. The Kier molecular flexibility index (Phi) is 4.90. The lowest BCUT2D eigenvalue weighted by Crippen LogP contribution is -2.43. The number of halogens is 1. The van der Waals surface area contributed by atoms with Crippen molar-refractivity contribution in [2.24, 2.45) is 0 Å². The molecule has 0 unspecified atom stereocenters. The number of likely N-dealkylation sites (N-methyl/N-ethyl adjacent to an activating group) is 2. The summed E-state index contributed by atoms with van der Waals surface area (Å²) in [5, 5.41) is 0. The quantitative estimate of drug-likeness (QED) is 0.783. The molecule has 1 fully saturated rings. The molecule has 2 amide bonds. The van der Waals surface area contributed by atoms with Crippen LogP contribution in [0.25, 0.3) is 5.57 Å². The van der Waals surface area contributed by atoms with Gasteiger partial charge in [-0.1, -0.05) is 12.1 Å². The molecule has 1 aromatic carbocycles. The second-order valence-corrected chi connectivity index (χ2v) is 6.73. The van der Waals surface area contributed by atoms with E-state index in [0.29, 0.717) is 23.4 Å². The van der Waals surface area contributed by atoms with E-state index in [1.54, 1.807) is 19.1 Å². The fraction of sp³-hybridized carbons (Fsp3) is 0.474. The minimum atomic E-state index is -0.362. The Morgan fingerprint density at radius 3 is 2.28 bits per heavy atom. The summed E-state index contributed by atoms with van der Waals surface area (Å²) in [6.45, 7) is 4.05. The smallest absolute Gasteiger partial charge is 0.277 e. The van der Waals surface area contributed by atoms with Crippen LogP contribution >= 0.6 is 0 Å². The van der Waals surface area contributed by atoms with Crippen molar-refractivity contribution >= 4 is 17.4 Å². The minimum Gasteiger partial charge on any atom is -0.366 e. The van der Waals surface area contributed by atoms with Gasteiger partial charge in [-0.25, -0.2) is 4.39 Å². The number of hydrogen-bond acceptors (Lipinski definition) is 4. The first kappa shape index (κ1) is 17.6. The molecule has 0 N–H and O–H groups in total. The topological polar surface area (TPSA) is 43.9 Å². The molecule has 2 heterocycles. The number of piperidine rings is 1. The first-order chi connectivity index (χ1) is 11.9.